The number of primary amides is 1. The van der Waals surface area contributed by atoms with E-state index in [1.807, 2.05) is 10.7 Å². The number of nitrogens with zero attached hydrogens (tertiary/aromatic N) is 4. The van der Waals surface area contributed by atoms with Crippen LogP contribution < -0.4 is 5.73 Å². The second-order valence-electron chi connectivity index (χ2n) is 7.16. The number of rotatable bonds is 3. The molecule has 25 heavy (non-hydrogen) atoms. The van der Waals surface area contributed by atoms with Gasteiger partial charge in [-0.05, 0) is 31.7 Å². The quantitative estimate of drug-likeness (QED) is 0.922. The molecule has 4 rings (SSSR count). The number of amides is 2. The molecule has 7 heteroatoms. The lowest BCUT2D eigenvalue weighted by Gasteiger charge is -2.31. The van der Waals surface area contributed by atoms with Gasteiger partial charge in [0, 0.05) is 24.7 Å². The zero-order valence-electron chi connectivity index (χ0n) is 14.2. The van der Waals surface area contributed by atoms with Crippen LogP contribution >= 0.6 is 0 Å². The van der Waals surface area contributed by atoms with E-state index in [-0.39, 0.29) is 17.7 Å². The maximum absolute atomic E-state index is 12.8. The Bertz CT molecular complexity index is 809. The van der Waals surface area contributed by atoms with Gasteiger partial charge in [0.1, 0.15) is 0 Å². The molecular weight excluding hydrogens is 318 g/mol. The number of pyridine rings is 1. The van der Waals surface area contributed by atoms with Gasteiger partial charge in [0.15, 0.2) is 5.65 Å². The third-order valence-electron chi connectivity index (χ3n) is 5.46. The van der Waals surface area contributed by atoms with E-state index in [2.05, 4.69) is 10.1 Å². The molecule has 2 aromatic heterocycles. The lowest BCUT2D eigenvalue weighted by Crippen LogP contribution is -2.44. The molecule has 2 N–H and O–H groups in total. The van der Waals surface area contributed by atoms with Crippen molar-refractivity contribution in [2.24, 2.45) is 11.7 Å². The summed E-state index contributed by atoms with van der Waals surface area (Å²) in [6.45, 7) is 1.05. The number of piperidine rings is 1. The zero-order chi connectivity index (χ0) is 17.4. The lowest BCUT2D eigenvalue weighted by molar-refractivity contribution is -0.123. The number of aromatic nitrogens is 3. The molecule has 0 unspecified atom stereocenters. The van der Waals surface area contributed by atoms with Crippen LogP contribution in [-0.4, -0.2) is 44.6 Å². The van der Waals surface area contributed by atoms with Crippen LogP contribution in [0.3, 0.4) is 0 Å². The summed E-state index contributed by atoms with van der Waals surface area (Å²) in [5.41, 5.74) is 6.79. The first-order chi connectivity index (χ1) is 12.1. The van der Waals surface area contributed by atoms with Crippen LogP contribution in [0, 0.1) is 5.92 Å². The van der Waals surface area contributed by atoms with E-state index in [4.69, 9.17) is 5.73 Å². The largest absolute Gasteiger partial charge is 0.369 e. The Hall–Kier alpha value is -2.44. The normalized spacial score (nSPS) is 21.8. The number of fused-ring (bicyclic) bond motifs is 1. The summed E-state index contributed by atoms with van der Waals surface area (Å²) in [6, 6.07) is 2.28. The minimum absolute atomic E-state index is 0.0889. The minimum atomic E-state index is -0.330. The van der Waals surface area contributed by atoms with Crippen LogP contribution in [-0.2, 0) is 4.79 Å². The number of nitrogens with two attached hydrogens (primary N) is 1. The summed E-state index contributed by atoms with van der Waals surface area (Å²) in [5, 5.41) is 5.38. The number of carbonyl (C=O) groups is 2. The van der Waals surface area contributed by atoms with Gasteiger partial charge in [0.25, 0.3) is 5.91 Å². The van der Waals surface area contributed by atoms with Crippen LogP contribution in [0.15, 0.2) is 18.5 Å². The van der Waals surface area contributed by atoms with Gasteiger partial charge in [-0.25, -0.2) is 9.67 Å². The van der Waals surface area contributed by atoms with Crippen LogP contribution in [0.5, 0.6) is 0 Å². The van der Waals surface area contributed by atoms with Gasteiger partial charge in [-0.1, -0.05) is 12.8 Å². The Labute approximate surface area is 146 Å². The average Bonchev–Trinajstić information content (AvgIpc) is 3.29. The van der Waals surface area contributed by atoms with Crippen LogP contribution in [0.1, 0.15) is 54.9 Å². The van der Waals surface area contributed by atoms with E-state index < -0.39 is 0 Å². The van der Waals surface area contributed by atoms with E-state index in [1.165, 1.54) is 12.8 Å². The molecule has 2 amide bonds. The molecule has 1 aliphatic carbocycles. The molecule has 2 fully saturated rings. The topological polar surface area (TPSA) is 94.1 Å². The highest BCUT2D eigenvalue weighted by atomic mass is 16.2. The van der Waals surface area contributed by atoms with E-state index in [0.717, 1.165) is 36.7 Å². The number of hydrogen-bond donors (Lipinski definition) is 1. The van der Waals surface area contributed by atoms with Crippen molar-refractivity contribution in [1.82, 2.24) is 19.7 Å². The second kappa shape index (κ2) is 6.46. The minimum Gasteiger partial charge on any atom is -0.369 e. The molecular formula is C18H23N5O2. The smallest absolute Gasteiger partial charge is 0.255 e. The Kier molecular flexibility index (Phi) is 4.15. The number of hydrogen-bond acceptors (Lipinski definition) is 4. The van der Waals surface area contributed by atoms with E-state index in [0.29, 0.717) is 24.7 Å². The van der Waals surface area contributed by atoms with Crippen LogP contribution in [0.4, 0.5) is 0 Å². The fraction of sp³-hybridized carbons (Fsp3) is 0.556. The Balaban J connectivity index is 1.57. The SMILES string of the molecule is NC(=O)[C@H]1CCCN(C(=O)c2cnc3c(cnn3C3CCCC3)c2)C1. The van der Waals surface area contributed by atoms with Crippen molar-refractivity contribution in [3.8, 4) is 0 Å². The highest BCUT2D eigenvalue weighted by Crippen LogP contribution is 2.31. The highest BCUT2D eigenvalue weighted by Gasteiger charge is 2.28. The highest BCUT2D eigenvalue weighted by molar-refractivity contribution is 5.97. The Morgan fingerprint density at radius 2 is 1.92 bits per heavy atom. The summed E-state index contributed by atoms with van der Waals surface area (Å²) in [5.74, 6) is -0.669. The molecule has 0 radical (unpaired) electrons. The fourth-order valence-corrected chi connectivity index (χ4v) is 4.05. The molecule has 2 aliphatic rings. The zero-order valence-corrected chi connectivity index (χ0v) is 14.2. The maximum atomic E-state index is 12.8. The summed E-state index contributed by atoms with van der Waals surface area (Å²) >= 11 is 0. The van der Waals surface area contributed by atoms with Crippen molar-refractivity contribution in [3.63, 3.8) is 0 Å². The Morgan fingerprint density at radius 3 is 2.68 bits per heavy atom. The first-order valence-electron chi connectivity index (χ1n) is 9.05. The van der Waals surface area contributed by atoms with Crippen LogP contribution in [0.2, 0.25) is 0 Å². The molecule has 0 aromatic carbocycles. The molecule has 7 nitrogen and oxygen atoms in total. The van der Waals surface area contributed by atoms with Gasteiger partial charge >= 0.3 is 0 Å². The molecule has 1 atom stereocenters. The molecule has 132 valence electrons. The lowest BCUT2D eigenvalue weighted by atomic mass is 9.97. The van der Waals surface area contributed by atoms with Crippen molar-refractivity contribution in [3.05, 3.63) is 24.0 Å². The van der Waals surface area contributed by atoms with Crippen molar-refractivity contribution in [2.75, 3.05) is 13.1 Å². The van der Waals surface area contributed by atoms with Crippen molar-refractivity contribution >= 4 is 22.8 Å². The molecule has 2 aromatic rings. The molecule has 1 saturated carbocycles. The van der Waals surface area contributed by atoms with Crippen molar-refractivity contribution < 1.29 is 9.59 Å². The van der Waals surface area contributed by atoms with Crippen molar-refractivity contribution in [2.45, 2.75) is 44.6 Å². The summed E-state index contributed by atoms with van der Waals surface area (Å²) in [7, 11) is 0. The van der Waals surface area contributed by atoms with Gasteiger partial charge in [-0.15, -0.1) is 0 Å². The van der Waals surface area contributed by atoms with Gasteiger partial charge in [-0.2, -0.15) is 5.10 Å². The maximum Gasteiger partial charge on any atom is 0.255 e. The summed E-state index contributed by atoms with van der Waals surface area (Å²) < 4.78 is 2.00. The first-order valence-corrected chi connectivity index (χ1v) is 9.05. The predicted molar refractivity (Wildman–Crippen MR) is 92.9 cm³/mol. The monoisotopic (exact) mass is 341 g/mol. The first kappa shape index (κ1) is 16.1. The van der Waals surface area contributed by atoms with Gasteiger partial charge in [0.05, 0.1) is 23.7 Å². The molecule has 1 aliphatic heterocycles. The fourth-order valence-electron chi connectivity index (χ4n) is 4.05. The summed E-state index contributed by atoms with van der Waals surface area (Å²) in [6.07, 6.45) is 9.73. The Morgan fingerprint density at radius 1 is 1.12 bits per heavy atom. The van der Waals surface area contributed by atoms with Crippen molar-refractivity contribution in [1.29, 1.82) is 0 Å². The van der Waals surface area contributed by atoms with Gasteiger partial charge in [-0.3, -0.25) is 9.59 Å². The third kappa shape index (κ3) is 2.99. The molecule has 3 heterocycles. The molecule has 0 spiro atoms. The number of carbonyl (C=O) groups excluding carboxylic acids is 2. The van der Waals surface area contributed by atoms with E-state index in [9.17, 15) is 9.59 Å². The van der Waals surface area contributed by atoms with Gasteiger partial charge in [0.2, 0.25) is 5.91 Å². The second-order valence-corrected chi connectivity index (χ2v) is 7.16. The standard InChI is InChI=1S/C18H23N5O2/c19-16(24)12-4-3-7-22(11-12)18(25)14-8-13-10-21-23(17(13)20-9-14)15-5-1-2-6-15/h8-10,12,15H,1-7,11H2,(H2,19,24)/t12-/m0/s1. The summed E-state index contributed by atoms with van der Waals surface area (Å²) in [4.78, 5) is 30.4. The average molecular weight is 341 g/mol. The predicted octanol–water partition coefficient (Wildman–Crippen LogP) is 1.88. The molecule has 1 saturated heterocycles. The van der Waals surface area contributed by atoms with Gasteiger partial charge < -0.3 is 10.6 Å². The number of likely N-dealkylation sites (tertiary alicyclic amines) is 1. The van der Waals surface area contributed by atoms with E-state index >= 15 is 0 Å². The third-order valence-corrected chi connectivity index (χ3v) is 5.46. The van der Waals surface area contributed by atoms with Crippen LogP contribution in [0.25, 0.3) is 11.0 Å². The van der Waals surface area contributed by atoms with E-state index in [1.54, 1.807) is 17.3 Å². The molecule has 0 bridgehead atoms.